The summed E-state index contributed by atoms with van der Waals surface area (Å²) in [5.74, 6) is 0.164. The van der Waals surface area contributed by atoms with E-state index in [-0.39, 0.29) is 23.7 Å². The molecule has 2 N–H and O–H groups in total. The van der Waals surface area contributed by atoms with E-state index in [1.165, 1.54) is 0 Å². The molecule has 8 nitrogen and oxygen atoms in total. The molecule has 1 aliphatic rings. The molecular weight excluding hydrogens is 434 g/mol. The second kappa shape index (κ2) is 11.7. The third-order valence-corrected chi connectivity index (χ3v) is 6.41. The molecule has 2 amide bonds. The molecule has 1 fully saturated rings. The van der Waals surface area contributed by atoms with Gasteiger partial charge >= 0.3 is 5.97 Å². The van der Waals surface area contributed by atoms with E-state index in [2.05, 4.69) is 10.3 Å². The molecule has 0 bridgehead atoms. The van der Waals surface area contributed by atoms with Crippen molar-refractivity contribution in [3.63, 3.8) is 0 Å². The zero-order valence-electron chi connectivity index (χ0n) is 20.5. The first kappa shape index (κ1) is 25.3. The summed E-state index contributed by atoms with van der Waals surface area (Å²) in [5.41, 5.74) is 4.10. The first-order chi connectivity index (χ1) is 16.3. The zero-order valence-corrected chi connectivity index (χ0v) is 20.5. The van der Waals surface area contributed by atoms with Gasteiger partial charge in [0.25, 0.3) is 0 Å². The fourth-order valence-electron chi connectivity index (χ4n) is 4.49. The molecule has 184 valence electrons. The number of likely N-dealkylation sites (tertiary alicyclic amines) is 1. The van der Waals surface area contributed by atoms with Gasteiger partial charge in [0.1, 0.15) is 11.4 Å². The molecule has 0 aliphatic carbocycles. The first-order valence-corrected chi connectivity index (χ1v) is 11.9. The van der Waals surface area contributed by atoms with Gasteiger partial charge in [0, 0.05) is 31.7 Å². The highest BCUT2D eigenvalue weighted by molar-refractivity contribution is 5.90. The summed E-state index contributed by atoms with van der Waals surface area (Å²) in [6, 6.07) is 7.60. The van der Waals surface area contributed by atoms with Crippen molar-refractivity contribution in [3.05, 3.63) is 52.3 Å². The Labute approximate surface area is 201 Å². The molecule has 1 aromatic carbocycles. The Bertz CT molecular complexity index is 1030. The summed E-state index contributed by atoms with van der Waals surface area (Å²) in [7, 11) is 1.61. The molecule has 1 atom stereocenters. The summed E-state index contributed by atoms with van der Waals surface area (Å²) in [4.78, 5) is 42.7. The van der Waals surface area contributed by atoms with Crippen LogP contribution in [-0.2, 0) is 27.3 Å². The molecule has 1 saturated heterocycles. The molecule has 3 rings (SSSR count). The molecule has 1 aliphatic heterocycles. The molecule has 34 heavy (non-hydrogen) atoms. The van der Waals surface area contributed by atoms with Gasteiger partial charge in [-0.25, -0.2) is 4.79 Å². The van der Waals surface area contributed by atoms with Gasteiger partial charge in [0.15, 0.2) is 0 Å². The number of nitrogens with one attached hydrogen (secondary N) is 2. The van der Waals surface area contributed by atoms with Gasteiger partial charge in [-0.2, -0.15) is 0 Å². The van der Waals surface area contributed by atoms with Crippen LogP contribution >= 0.6 is 0 Å². The third kappa shape index (κ3) is 6.18. The quantitative estimate of drug-likeness (QED) is 0.549. The number of hydrogen-bond acceptors (Lipinski definition) is 5. The highest BCUT2D eigenvalue weighted by Crippen LogP contribution is 2.22. The maximum absolute atomic E-state index is 12.9. The molecule has 0 radical (unpaired) electrons. The molecule has 0 saturated carbocycles. The number of esters is 1. The maximum Gasteiger partial charge on any atom is 0.355 e. The van der Waals surface area contributed by atoms with Crippen molar-refractivity contribution in [2.45, 2.75) is 53.0 Å². The van der Waals surface area contributed by atoms with E-state index in [1.54, 1.807) is 18.9 Å². The number of ether oxygens (including phenoxy) is 2. The average Bonchev–Trinajstić information content (AvgIpc) is 3.14. The molecular formula is C26H35N3O5. The van der Waals surface area contributed by atoms with E-state index < -0.39 is 0 Å². The number of hydrogen-bond donors (Lipinski definition) is 2. The van der Waals surface area contributed by atoms with Gasteiger partial charge in [-0.1, -0.05) is 12.1 Å². The lowest BCUT2D eigenvalue weighted by atomic mass is 9.96. The lowest BCUT2D eigenvalue weighted by molar-refractivity contribution is -0.135. The fraction of sp³-hybridized carbons (Fsp3) is 0.500. The second-order valence-corrected chi connectivity index (χ2v) is 8.70. The molecule has 2 heterocycles. The van der Waals surface area contributed by atoms with Gasteiger partial charge in [-0.05, 0) is 68.9 Å². The predicted molar refractivity (Wildman–Crippen MR) is 129 cm³/mol. The summed E-state index contributed by atoms with van der Waals surface area (Å²) in [6.45, 7) is 7.38. The number of carbonyl (C=O) groups is 3. The van der Waals surface area contributed by atoms with E-state index in [1.807, 2.05) is 38.1 Å². The standard InChI is InChI=1S/C26H35N3O5/c1-5-34-26(32)24-17(2)22(18(3)28-24)11-12-23(30)29-13-7-9-20(16-29)25(31)27-15-19-8-6-10-21(14-19)33-4/h6,8,10,14,20,28H,5,7,9,11-13,15-16H2,1-4H3,(H,27,31). The lowest BCUT2D eigenvalue weighted by Crippen LogP contribution is -2.45. The lowest BCUT2D eigenvalue weighted by Gasteiger charge is -2.32. The summed E-state index contributed by atoms with van der Waals surface area (Å²) >= 11 is 0. The van der Waals surface area contributed by atoms with Crippen molar-refractivity contribution in [2.24, 2.45) is 5.92 Å². The Morgan fingerprint density at radius 2 is 2.03 bits per heavy atom. The monoisotopic (exact) mass is 469 g/mol. The topological polar surface area (TPSA) is 101 Å². The van der Waals surface area contributed by atoms with Gasteiger partial charge in [0.05, 0.1) is 19.6 Å². The Kier molecular flexibility index (Phi) is 8.73. The van der Waals surface area contributed by atoms with Crippen LogP contribution in [0, 0.1) is 19.8 Å². The smallest absolute Gasteiger partial charge is 0.355 e. The van der Waals surface area contributed by atoms with E-state index in [0.29, 0.717) is 44.8 Å². The highest BCUT2D eigenvalue weighted by atomic mass is 16.5. The maximum atomic E-state index is 12.9. The van der Waals surface area contributed by atoms with Crippen molar-refractivity contribution < 1.29 is 23.9 Å². The Morgan fingerprint density at radius 3 is 2.76 bits per heavy atom. The molecule has 1 unspecified atom stereocenters. The van der Waals surface area contributed by atoms with Crippen LogP contribution in [0.4, 0.5) is 0 Å². The van der Waals surface area contributed by atoms with E-state index in [0.717, 1.165) is 41.0 Å². The van der Waals surface area contributed by atoms with Crippen LogP contribution in [0.1, 0.15) is 59.1 Å². The number of aryl methyl sites for hydroxylation is 1. The minimum atomic E-state index is -0.375. The molecule has 8 heteroatoms. The van der Waals surface area contributed by atoms with E-state index in [9.17, 15) is 14.4 Å². The van der Waals surface area contributed by atoms with Crippen LogP contribution < -0.4 is 10.1 Å². The number of methoxy groups -OCH3 is 1. The Morgan fingerprint density at radius 1 is 1.24 bits per heavy atom. The number of carbonyl (C=O) groups excluding carboxylic acids is 3. The number of amides is 2. The van der Waals surface area contributed by atoms with Crippen LogP contribution in [0.25, 0.3) is 0 Å². The normalized spacial score (nSPS) is 15.6. The number of benzene rings is 1. The minimum absolute atomic E-state index is 0.0305. The fourth-order valence-corrected chi connectivity index (χ4v) is 4.49. The van der Waals surface area contributed by atoms with Crippen molar-refractivity contribution >= 4 is 17.8 Å². The predicted octanol–water partition coefficient (Wildman–Crippen LogP) is 3.30. The van der Waals surface area contributed by atoms with Crippen LogP contribution in [0.2, 0.25) is 0 Å². The van der Waals surface area contributed by atoms with Crippen LogP contribution in [0.5, 0.6) is 5.75 Å². The Balaban J connectivity index is 1.53. The molecule has 1 aromatic heterocycles. The molecule has 2 aromatic rings. The van der Waals surface area contributed by atoms with Gasteiger partial charge in [-0.3, -0.25) is 9.59 Å². The second-order valence-electron chi connectivity index (χ2n) is 8.70. The van der Waals surface area contributed by atoms with Crippen LogP contribution in [0.15, 0.2) is 24.3 Å². The van der Waals surface area contributed by atoms with Crippen molar-refractivity contribution in [1.82, 2.24) is 15.2 Å². The Hall–Kier alpha value is -3.29. The number of rotatable bonds is 9. The zero-order chi connectivity index (χ0) is 24.7. The van der Waals surface area contributed by atoms with Crippen LogP contribution in [-0.4, -0.2) is 54.5 Å². The molecule has 0 spiro atoms. The summed E-state index contributed by atoms with van der Waals surface area (Å²) < 4.78 is 10.3. The minimum Gasteiger partial charge on any atom is -0.497 e. The van der Waals surface area contributed by atoms with E-state index >= 15 is 0 Å². The van der Waals surface area contributed by atoms with Crippen LogP contribution in [0.3, 0.4) is 0 Å². The number of aromatic amines is 1. The van der Waals surface area contributed by atoms with E-state index in [4.69, 9.17) is 9.47 Å². The number of nitrogens with zero attached hydrogens (tertiary/aromatic N) is 1. The van der Waals surface area contributed by atoms with Crippen molar-refractivity contribution in [2.75, 3.05) is 26.8 Å². The first-order valence-electron chi connectivity index (χ1n) is 11.9. The van der Waals surface area contributed by atoms with Crippen molar-refractivity contribution in [1.29, 1.82) is 0 Å². The number of piperidine rings is 1. The number of aromatic nitrogens is 1. The average molecular weight is 470 g/mol. The SMILES string of the molecule is CCOC(=O)c1[nH]c(C)c(CCC(=O)N2CCCC(C(=O)NCc3cccc(OC)c3)C2)c1C. The number of H-pyrrole nitrogens is 1. The summed E-state index contributed by atoms with van der Waals surface area (Å²) in [6.07, 6.45) is 2.44. The van der Waals surface area contributed by atoms with Crippen molar-refractivity contribution in [3.8, 4) is 5.75 Å². The largest absolute Gasteiger partial charge is 0.497 e. The van der Waals surface area contributed by atoms with Gasteiger partial charge in [0.2, 0.25) is 11.8 Å². The van der Waals surface area contributed by atoms with Gasteiger partial charge in [-0.15, -0.1) is 0 Å². The highest BCUT2D eigenvalue weighted by Gasteiger charge is 2.28. The van der Waals surface area contributed by atoms with Gasteiger partial charge < -0.3 is 24.7 Å². The third-order valence-electron chi connectivity index (χ3n) is 6.41. The summed E-state index contributed by atoms with van der Waals surface area (Å²) in [5, 5.41) is 3.00.